The van der Waals surface area contributed by atoms with Crippen molar-refractivity contribution in [2.75, 3.05) is 7.11 Å². The highest BCUT2D eigenvalue weighted by atomic mass is 16.5. The third-order valence-corrected chi connectivity index (χ3v) is 3.47. The summed E-state index contributed by atoms with van der Waals surface area (Å²) in [5.41, 5.74) is 2.63. The van der Waals surface area contributed by atoms with Gasteiger partial charge < -0.3 is 9.47 Å². The molecule has 0 aliphatic carbocycles. The van der Waals surface area contributed by atoms with Crippen LogP contribution in [0.5, 0.6) is 11.5 Å². The average molecular weight is 304 g/mol. The minimum Gasteiger partial charge on any atom is -0.465 e. The lowest BCUT2D eigenvalue weighted by Crippen LogP contribution is -2.00. The Morgan fingerprint density at radius 3 is 1.78 bits per heavy atom. The lowest BCUT2D eigenvalue weighted by molar-refractivity contribution is 0.0601. The van der Waals surface area contributed by atoms with Gasteiger partial charge in [-0.25, -0.2) is 4.79 Å². The molecule has 0 fully saturated rings. The largest absolute Gasteiger partial charge is 0.465 e. The molecule has 23 heavy (non-hydrogen) atoms. The quantitative estimate of drug-likeness (QED) is 0.641. The van der Waals surface area contributed by atoms with Gasteiger partial charge in [-0.1, -0.05) is 42.5 Å². The Labute approximate surface area is 135 Å². The summed E-state index contributed by atoms with van der Waals surface area (Å²) in [5, 5.41) is 0. The molecule has 3 aromatic carbocycles. The summed E-state index contributed by atoms with van der Waals surface area (Å²) in [6, 6.07) is 24.8. The van der Waals surface area contributed by atoms with Gasteiger partial charge >= 0.3 is 5.97 Å². The summed E-state index contributed by atoms with van der Waals surface area (Å²) in [6.07, 6.45) is 0. The molecule has 0 bridgehead atoms. The average Bonchev–Trinajstić information content (AvgIpc) is 2.63. The number of hydrogen-bond acceptors (Lipinski definition) is 3. The molecule has 0 aromatic heterocycles. The second-order valence-corrected chi connectivity index (χ2v) is 5.01. The van der Waals surface area contributed by atoms with E-state index in [1.165, 1.54) is 7.11 Å². The van der Waals surface area contributed by atoms with Gasteiger partial charge in [0, 0.05) is 0 Å². The number of benzene rings is 3. The van der Waals surface area contributed by atoms with Crippen LogP contribution in [0.25, 0.3) is 11.1 Å². The molecular formula is C20H16O3. The number of carbonyl (C=O) groups excluding carboxylic acids is 1. The Morgan fingerprint density at radius 2 is 1.22 bits per heavy atom. The molecule has 0 atom stereocenters. The van der Waals surface area contributed by atoms with Gasteiger partial charge in [-0.15, -0.1) is 0 Å². The topological polar surface area (TPSA) is 35.5 Å². The second-order valence-electron chi connectivity index (χ2n) is 5.01. The van der Waals surface area contributed by atoms with Crippen molar-refractivity contribution >= 4 is 5.97 Å². The molecule has 0 saturated carbocycles. The Morgan fingerprint density at radius 1 is 0.696 bits per heavy atom. The van der Waals surface area contributed by atoms with E-state index in [0.717, 1.165) is 22.6 Å². The van der Waals surface area contributed by atoms with Crippen LogP contribution in [-0.2, 0) is 4.74 Å². The third kappa shape index (κ3) is 3.58. The van der Waals surface area contributed by atoms with Gasteiger partial charge in [0.25, 0.3) is 0 Å². The van der Waals surface area contributed by atoms with Crippen molar-refractivity contribution in [3.63, 3.8) is 0 Å². The van der Waals surface area contributed by atoms with Crippen LogP contribution in [0.1, 0.15) is 10.4 Å². The number of hydrogen-bond donors (Lipinski definition) is 0. The van der Waals surface area contributed by atoms with Crippen molar-refractivity contribution in [3.8, 4) is 22.6 Å². The molecule has 0 heterocycles. The number of para-hydroxylation sites is 1. The molecule has 0 saturated heterocycles. The van der Waals surface area contributed by atoms with E-state index in [0.29, 0.717) is 5.56 Å². The summed E-state index contributed by atoms with van der Waals surface area (Å²) in [6.45, 7) is 0. The van der Waals surface area contributed by atoms with Crippen molar-refractivity contribution in [1.82, 2.24) is 0 Å². The molecular weight excluding hydrogens is 288 g/mol. The van der Waals surface area contributed by atoms with Gasteiger partial charge in [-0.2, -0.15) is 0 Å². The van der Waals surface area contributed by atoms with Crippen LogP contribution in [0, 0.1) is 0 Å². The first-order chi connectivity index (χ1) is 11.3. The van der Waals surface area contributed by atoms with Crippen LogP contribution in [0.2, 0.25) is 0 Å². The van der Waals surface area contributed by atoms with Crippen LogP contribution < -0.4 is 4.74 Å². The smallest absolute Gasteiger partial charge is 0.337 e. The first kappa shape index (κ1) is 14.9. The zero-order valence-corrected chi connectivity index (χ0v) is 12.7. The molecule has 114 valence electrons. The van der Waals surface area contributed by atoms with Gasteiger partial charge in [0.2, 0.25) is 0 Å². The molecule has 3 nitrogen and oxygen atoms in total. The van der Waals surface area contributed by atoms with Crippen LogP contribution in [0.4, 0.5) is 0 Å². The van der Waals surface area contributed by atoms with E-state index >= 15 is 0 Å². The Bertz CT molecular complexity index is 775. The monoisotopic (exact) mass is 304 g/mol. The van der Waals surface area contributed by atoms with Gasteiger partial charge in [0.05, 0.1) is 12.7 Å². The van der Waals surface area contributed by atoms with E-state index in [1.54, 1.807) is 12.1 Å². The van der Waals surface area contributed by atoms with Crippen LogP contribution >= 0.6 is 0 Å². The first-order valence-electron chi connectivity index (χ1n) is 7.28. The standard InChI is InChI=1S/C20H16O3/c1-22-20(21)17-9-7-15(8-10-17)16-11-13-19(14-12-16)23-18-5-3-2-4-6-18/h2-14H,1H3. The van der Waals surface area contributed by atoms with E-state index in [2.05, 4.69) is 0 Å². The predicted molar refractivity (Wildman–Crippen MR) is 89.7 cm³/mol. The summed E-state index contributed by atoms with van der Waals surface area (Å²) in [7, 11) is 1.38. The molecule has 0 aliphatic rings. The highest BCUT2D eigenvalue weighted by molar-refractivity contribution is 5.89. The number of methoxy groups -OCH3 is 1. The normalized spacial score (nSPS) is 10.1. The van der Waals surface area contributed by atoms with E-state index in [9.17, 15) is 4.79 Å². The SMILES string of the molecule is COC(=O)c1ccc(-c2ccc(Oc3ccccc3)cc2)cc1. The predicted octanol–water partition coefficient (Wildman–Crippen LogP) is 4.93. The summed E-state index contributed by atoms with van der Waals surface area (Å²) < 4.78 is 10.5. The molecule has 0 unspecified atom stereocenters. The zero-order valence-electron chi connectivity index (χ0n) is 12.7. The van der Waals surface area contributed by atoms with Crippen molar-refractivity contribution in [1.29, 1.82) is 0 Å². The minimum absolute atomic E-state index is 0.330. The maximum absolute atomic E-state index is 11.4. The molecule has 3 heteroatoms. The number of rotatable bonds is 4. The Balaban J connectivity index is 1.75. The first-order valence-corrected chi connectivity index (χ1v) is 7.28. The molecule has 3 aromatic rings. The van der Waals surface area contributed by atoms with Crippen LogP contribution in [0.15, 0.2) is 78.9 Å². The Hall–Kier alpha value is -3.07. The molecule has 0 amide bonds. The molecule has 0 radical (unpaired) electrons. The van der Waals surface area contributed by atoms with Gasteiger partial charge in [-0.3, -0.25) is 0 Å². The maximum Gasteiger partial charge on any atom is 0.337 e. The lowest BCUT2D eigenvalue weighted by atomic mass is 10.0. The van der Waals surface area contributed by atoms with Crippen LogP contribution in [-0.4, -0.2) is 13.1 Å². The number of esters is 1. The fourth-order valence-corrected chi connectivity index (χ4v) is 2.26. The number of carbonyl (C=O) groups is 1. The molecule has 0 N–H and O–H groups in total. The third-order valence-electron chi connectivity index (χ3n) is 3.47. The van der Waals surface area contributed by atoms with Crippen molar-refractivity contribution in [2.45, 2.75) is 0 Å². The van der Waals surface area contributed by atoms with E-state index in [-0.39, 0.29) is 5.97 Å². The lowest BCUT2D eigenvalue weighted by Gasteiger charge is -2.07. The fourth-order valence-electron chi connectivity index (χ4n) is 2.26. The van der Waals surface area contributed by atoms with E-state index in [1.807, 2.05) is 66.7 Å². The fraction of sp³-hybridized carbons (Fsp3) is 0.0500. The van der Waals surface area contributed by atoms with Gasteiger partial charge in [0.15, 0.2) is 0 Å². The van der Waals surface area contributed by atoms with Gasteiger partial charge in [0.1, 0.15) is 11.5 Å². The van der Waals surface area contributed by atoms with E-state index < -0.39 is 0 Å². The second kappa shape index (κ2) is 6.79. The summed E-state index contributed by atoms with van der Waals surface area (Å²) >= 11 is 0. The van der Waals surface area contributed by atoms with Crippen molar-refractivity contribution in [3.05, 3.63) is 84.4 Å². The van der Waals surface area contributed by atoms with Crippen molar-refractivity contribution < 1.29 is 14.3 Å². The number of ether oxygens (including phenoxy) is 2. The van der Waals surface area contributed by atoms with Crippen molar-refractivity contribution in [2.24, 2.45) is 0 Å². The van der Waals surface area contributed by atoms with E-state index in [4.69, 9.17) is 9.47 Å². The molecule has 3 rings (SSSR count). The summed E-state index contributed by atoms with van der Waals surface area (Å²) in [4.78, 5) is 11.4. The molecule has 0 spiro atoms. The highest BCUT2D eigenvalue weighted by Gasteiger charge is 2.05. The highest BCUT2D eigenvalue weighted by Crippen LogP contribution is 2.26. The minimum atomic E-state index is -0.330. The summed E-state index contributed by atoms with van der Waals surface area (Å²) in [5.74, 6) is 1.26. The van der Waals surface area contributed by atoms with Gasteiger partial charge in [-0.05, 0) is 47.5 Å². The Kier molecular flexibility index (Phi) is 4.39. The van der Waals surface area contributed by atoms with Crippen LogP contribution in [0.3, 0.4) is 0 Å². The molecule has 0 aliphatic heterocycles. The zero-order chi connectivity index (χ0) is 16.1. The maximum atomic E-state index is 11.4.